The van der Waals surface area contributed by atoms with Gasteiger partial charge in [0, 0.05) is 20.0 Å². The molecule has 0 saturated carbocycles. The van der Waals surface area contributed by atoms with Gasteiger partial charge >= 0.3 is 0 Å². The van der Waals surface area contributed by atoms with Crippen molar-refractivity contribution in [2.45, 2.75) is 18.6 Å². The van der Waals surface area contributed by atoms with Crippen molar-refractivity contribution in [3.8, 4) is 0 Å². The number of hydrogen-bond acceptors (Lipinski definition) is 5. The van der Waals surface area contributed by atoms with Gasteiger partial charge in [0.25, 0.3) is 0 Å². The molecule has 1 aromatic heterocycles. The maximum Gasteiger partial charge on any atom is 0.186 e. The number of aryl methyl sites for hydroxylation is 1. The molecule has 0 unspecified atom stereocenters. The standard InChI is InChI=1S/C10H16N4O2/c1-13-9(7-11-12-13)14-4-2-3-10(8-14)15-5-6-16-10/h7H,2-6,8H2,1H3. The first-order valence-corrected chi connectivity index (χ1v) is 5.67. The van der Waals surface area contributed by atoms with Gasteiger partial charge in [0.1, 0.15) is 5.82 Å². The van der Waals surface area contributed by atoms with Crippen LogP contribution in [0.2, 0.25) is 0 Å². The molecule has 0 N–H and O–H groups in total. The van der Waals surface area contributed by atoms with E-state index >= 15 is 0 Å². The molecular formula is C10H16N4O2. The SMILES string of the molecule is Cn1nncc1N1CCCC2(C1)OCCO2. The average Bonchev–Trinajstić information content (AvgIpc) is 2.88. The topological polar surface area (TPSA) is 52.4 Å². The molecule has 88 valence electrons. The Bertz CT molecular complexity index is 373. The monoisotopic (exact) mass is 224 g/mol. The summed E-state index contributed by atoms with van der Waals surface area (Å²) in [7, 11) is 1.90. The summed E-state index contributed by atoms with van der Waals surface area (Å²) in [6, 6.07) is 0. The molecule has 0 bridgehead atoms. The number of anilines is 1. The van der Waals surface area contributed by atoms with Gasteiger partial charge in [0.15, 0.2) is 5.79 Å². The van der Waals surface area contributed by atoms with E-state index in [-0.39, 0.29) is 5.79 Å². The van der Waals surface area contributed by atoms with Gasteiger partial charge in [0.2, 0.25) is 0 Å². The molecule has 0 aliphatic carbocycles. The molecule has 1 spiro atoms. The summed E-state index contributed by atoms with van der Waals surface area (Å²) < 4.78 is 13.3. The lowest BCUT2D eigenvalue weighted by Crippen LogP contribution is -2.49. The van der Waals surface area contributed by atoms with Crippen LogP contribution in [0.1, 0.15) is 12.8 Å². The molecule has 0 atom stereocenters. The van der Waals surface area contributed by atoms with Gasteiger partial charge in [-0.2, -0.15) is 0 Å². The Balaban J connectivity index is 1.80. The van der Waals surface area contributed by atoms with Crippen LogP contribution in [0.15, 0.2) is 6.20 Å². The Morgan fingerprint density at radius 3 is 2.88 bits per heavy atom. The number of aromatic nitrogens is 3. The van der Waals surface area contributed by atoms with E-state index in [1.807, 2.05) is 7.05 Å². The molecule has 3 rings (SSSR count). The summed E-state index contributed by atoms with van der Waals surface area (Å²) in [6.45, 7) is 3.19. The second-order valence-corrected chi connectivity index (χ2v) is 4.35. The van der Waals surface area contributed by atoms with Crippen LogP contribution in [0.25, 0.3) is 0 Å². The zero-order valence-electron chi connectivity index (χ0n) is 9.43. The van der Waals surface area contributed by atoms with Gasteiger partial charge < -0.3 is 14.4 Å². The second kappa shape index (κ2) is 3.71. The fourth-order valence-corrected chi connectivity index (χ4v) is 2.49. The minimum atomic E-state index is -0.386. The molecule has 6 heteroatoms. The van der Waals surface area contributed by atoms with Crippen LogP contribution in [0.3, 0.4) is 0 Å². The third-order valence-corrected chi connectivity index (χ3v) is 3.25. The lowest BCUT2D eigenvalue weighted by molar-refractivity contribution is -0.161. The smallest absolute Gasteiger partial charge is 0.186 e. The fourth-order valence-electron chi connectivity index (χ4n) is 2.49. The van der Waals surface area contributed by atoms with Gasteiger partial charge in [-0.15, -0.1) is 5.10 Å². The third kappa shape index (κ3) is 1.58. The highest BCUT2D eigenvalue weighted by Crippen LogP contribution is 2.31. The van der Waals surface area contributed by atoms with Crippen molar-refractivity contribution in [1.29, 1.82) is 0 Å². The van der Waals surface area contributed by atoms with E-state index in [9.17, 15) is 0 Å². The highest BCUT2D eigenvalue weighted by atomic mass is 16.7. The summed E-state index contributed by atoms with van der Waals surface area (Å²) in [6.07, 6.45) is 3.84. The molecule has 3 heterocycles. The predicted octanol–water partition coefficient (Wildman–Crippen LogP) is 0.158. The third-order valence-electron chi connectivity index (χ3n) is 3.25. The van der Waals surface area contributed by atoms with Crippen molar-refractivity contribution in [3.63, 3.8) is 0 Å². The highest BCUT2D eigenvalue weighted by molar-refractivity contribution is 5.37. The van der Waals surface area contributed by atoms with Crippen LogP contribution >= 0.6 is 0 Å². The van der Waals surface area contributed by atoms with Gasteiger partial charge in [-0.1, -0.05) is 5.21 Å². The normalized spacial score (nSPS) is 24.2. The minimum absolute atomic E-state index is 0.386. The molecule has 2 aliphatic heterocycles. The van der Waals surface area contributed by atoms with Crippen LogP contribution in [-0.2, 0) is 16.5 Å². The Morgan fingerprint density at radius 2 is 2.19 bits per heavy atom. The number of hydrogen-bond donors (Lipinski definition) is 0. The number of piperidine rings is 1. The van der Waals surface area contributed by atoms with Crippen molar-refractivity contribution >= 4 is 5.82 Å². The molecule has 16 heavy (non-hydrogen) atoms. The number of rotatable bonds is 1. The first kappa shape index (κ1) is 10.0. The van der Waals surface area contributed by atoms with Crippen molar-refractivity contribution < 1.29 is 9.47 Å². The Hall–Kier alpha value is -1.14. The molecule has 1 aromatic rings. The van der Waals surface area contributed by atoms with Crippen molar-refractivity contribution in [1.82, 2.24) is 15.0 Å². The molecule has 0 aromatic carbocycles. The maximum atomic E-state index is 5.74. The van der Waals surface area contributed by atoms with E-state index in [0.717, 1.165) is 31.7 Å². The van der Waals surface area contributed by atoms with Crippen LogP contribution in [0.5, 0.6) is 0 Å². The lowest BCUT2D eigenvalue weighted by atomic mass is 10.0. The summed E-state index contributed by atoms with van der Waals surface area (Å²) >= 11 is 0. The highest BCUT2D eigenvalue weighted by Gasteiger charge is 2.41. The van der Waals surface area contributed by atoms with E-state index < -0.39 is 0 Å². The maximum absolute atomic E-state index is 5.74. The molecule has 0 amide bonds. The summed E-state index contributed by atoms with van der Waals surface area (Å²) in [5, 5.41) is 7.85. The second-order valence-electron chi connectivity index (χ2n) is 4.35. The first-order valence-electron chi connectivity index (χ1n) is 5.67. The summed E-state index contributed by atoms with van der Waals surface area (Å²) in [5.41, 5.74) is 0. The van der Waals surface area contributed by atoms with Crippen LogP contribution in [-0.4, -0.2) is 47.1 Å². The Labute approximate surface area is 94.1 Å². The van der Waals surface area contributed by atoms with E-state index in [4.69, 9.17) is 9.47 Å². The van der Waals surface area contributed by atoms with Crippen molar-refractivity contribution in [3.05, 3.63) is 6.20 Å². The van der Waals surface area contributed by atoms with E-state index in [2.05, 4.69) is 15.2 Å². The molecule has 2 fully saturated rings. The van der Waals surface area contributed by atoms with E-state index in [0.29, 0.717) is 13.2 Å². The van der Waals surface area contributed by atoms with Gasteiger partial charge in [-0.05, 0) is 6.42 Å². The Kier molecular flexibility index (Phi) is 2.33. The number of ether oxygens (including phenoxy) is 2. The molecular weight excluding hydrogens is 208 g/mol. The quantitative estimate of drug-likeness (QED) is 0.680. The summed E-state index contributed by atoms with van der Waals surface area (Å²) in [4.78, 5) is 2.23. The van der Waals surface area contributed by atoms with Gasteiger partial charge in [-0.25, -0.2) is 4.68 Å². The zero-order valence-corrected chi connectivity index (χ0v) is 9.43. The molecule has 0 radical (unpaired) electrons. The summed E-state index contributed by atoms with van der Waals surface area (Å²) in [5.74, 6) is 0.640. The Morgan fingerprint density at radius 1 is 1.38 bits per heavy atom. The molecule has 2 aliphatic rings. The minimum Gasteiger partial charge on any atom is -0.350 e. The van der Waals surface area contributed by atoms with Crippen LogP contribution < -0.4 is 4.90 Å². The van der Waals surface area contributed by atoms with Gasteiger partial charge in [-0.3, -0.25) is 0 Å². The van der Waals surface area contributed by atoms with E-state index in [1.54, 1.807) is 10.9 Å². The first-order chi connectivity index (χ1) is 7.79. The largest absolute Gasteiger partial charge is 0.350 e. The van der Waals surface area contributed by atoms with Crippen molar-refractivity contribution in [2.24, 2.45) is 7.05 Å². The van der Waals surface area contributed by atoms with Crippen LogP contribution in [0.4, 0.5) is 5.82 Å². The van der Waals surface area contributed by atoms with Crippen LogP contribution in [0, 0.1) is 0 Å². The molecule has 2 saturated heterocycles. The van der Waals surface area contributed by atoms with Gasteiger partial charge in [0.05, 0.1) is 26.0 Å². The van der Waals surface area contributed by atoms with Crippen molar-refractivity contribution in [2.75, 3.05) is 31.2 Å². The fraction of sp³-hybridized carbons (Fsp3) is 0.800. The van der Waals surface area contributed by atoms with E-state index in [1.165, 1.54) is 0 Å². The predicted molar refractivity (Wildman–Crippen MR) is 57.1 cm³/mol. The molecule has 6 nitrogen and oxygen atoms in total. The lowest BCUT2D eigenvalue weighted by Gasteiger charge is -2.39. The zero-order chi connectivity index (χ0) is 11.0. The number of nitrogens with zero attached hydrogens (tertiary/aromatic N) is 4. The average molecular weight is 224 g/mol.